The molecule has 5 heteroatoms. The van der Waals surface area contributed by atoms with E-state index < -0.39 is 0 Å². The minimum Gasteiger partial charge on any atom is -0.466 e. The summed E-state index contributed by atoms with van der Waals surface area (Å²) in [6, 6.07) is 12.0. The molecule has 0 aliphatic heterocycles. The molecule has 1 amide bonds. The zero-order valence-corrected chi connectivity index (χ0v) is 16.1. The Labute approximate surface area is 159 Å². The molecule has 27 heavy (non-hydrogen) atoms. The molecule has 1 aromatic carbocycles. The highest BCUT2D eigenvalue weighted by Gasteiger charge is 2.36. The van der Waals surface area contributed by atoms with Gasteiger partial charge in [-0.1, -0.05) is 25.1 Å². The van der Waals surface area contributed by atoms with E-state index in [4.69, 9.17) is 4.42 Å². The van der Waals surface area contributed by atoms with Gasteiger partial charge in [-0.2, -0.15) is 0 Å². The third-order valence-electron chi connectivity index (χ3n) is 5.39. The SMILES string of the molecule is Cc1nc(CN(C)C(=O)CCc2ccc(C3CC3C)o2)nc2ccccc12. The smallest absolute Gasteiger partial charge is 0.223 e. The maximum absolute atomic E-state index is 12.5. The number of benzene rings is 1. The van der Waals surface area contributed by atoms with E-state index in [1.165, 1.54) is 6.42 Å². The normalized spacial score (nSPS) is 18.6. The van der Waals surface area contributed by atoms with Gasteiger partial charge in [0.1, 0.15) is 17.3 Å². The van der Waals surface area contributed by atoms with Crippen molar-refractivity contribution in [3.63, 3.8) is 0 Å². The molecule has 0 bridgehead atoms. The number of hydrogen-bond acceptors (Lipinski definition) is 4. The minimum absolute atomic E-state index is 0.0714. The third kappa shape index (κ3) is 3.87. The molecule has 5 nitrogen and oxygen atoms in total. The fourth-order valence-electron chi connectivity index (χ4n) is 3.53. The molecule has 1 saturated carbocycles. The predicted molar refractivity (Wildman–Crippen MR) is 104 cm³/mol. The Morgan fingerprint density at radius 3 is 2.78 bits per heavy atom. The van der Waals surface area contributed by atoms with Gasteiger partial charge in [0.15, 0.2) is 0 Å². The zero-order valence-electron chi connectivity index (χ0n) is 16.1. The first-order valence-electron chi connectivity index (χ1n) is 9.56. The summed E-state index contributed by atoms with van der Waals surface area (Å²) in [6.45, 7) is 4.62. The van der Waals surface area contributed by atoms with Crippen LogP contribution in [-0.4, -0.2) is 27.8 Å². The lowest BCUT2D eigenvalue weighted by Crippen LogP contribution is -2.27. The summed E-state index contributed by atoms with van der Waals surface area (Å²) in [5.41, 5.74) is 1.85. The van der Waals surface area contributed by atoms with Crippen molar-refractivity contribution in [2.24, 2.45) is 5.92 Å². The highest BCUT2D eigenvalue weighted by atomic mass is 16.3. The summed E-state index contributed by atoms with van der Waals surface area (Å²) < 4.78 is 5.89. The second-order valence-electron chi connectivity index (χ2n) is 7.62. The van der Waals surface area contributed by atoms with Crippen LogP contribution >= 0.6 is 0 Å². The Morgan fingerprint density at radius 1 is 1.22 bits per heavy atom. The molecule has 2 atom stereocenters. The largest absolute Gasteiger partial charge is 0.466 e. The summed E-state index contributed by atoms with van der Waals surface area (Å²) in [5.74, 6) is 4.00. The number of aryl methyl sites for hydroxylation is 2. The van der Waals surface area contributed by atoms with Crippen LogP contribution in [0.15, 0.2) is 40.8 Å². The van der Waals surface area contributed by atoms with Crippen LogP contribution in [0.25, 0.3) is 10.9 Å². The van der Waals surface area contributed by atoms with Crippen LogP contribution in [0.5, 0.6) is 0 Å². The van der Waals surface area contributed by atoms with Gasteiger partial charge in [0.25, 0.3) is 0 Å². The lowest BCUT2D eigenvalue weighted by atomic mass is 10.2. The summed E-state index contributed by atoms with van der Waals surface area (Å²) in [5, 5.41) is 1.05. The lowest BCUT2D eigenvalue weighted by molar-refractivity contribution is -0.130. The first kappa shape index (κ1) is 17.7. The Hall–Kier alpha value is -2.69. The van der Waals surface area contributed by atoms with Crippen LogP contribution in [0, 0.1) is 12.8 Å². The zero-order chi connectivity index (χ0) is 19.0. The van der Waals surface area contributed by atoms with Gasteiger partial charge in [0.05, 0.1) is 12.1 Å². The van der Waals surface area contributed by atoms with Crippen LogP contribution < -0.4 is 0 Å². The summed E-state index contributed by atoms with van der Waals surface area (Å²) >= 11 is 0. The van der Waals surface area contributed by atoms with Crippen molar-refractivity contribution < 1.29 is 9.21 Å². The molecule has 0 radical (unpaired) electrons. The molecule has 0 saturated heterocycles. The van der Waals surface area contributed by atoms with Crippen LogP contribution in [0.1, 0.15) is 48.7 Å². The van der Waals surface area contributed by atoms with Gasteiger partial charge in [-0.15, -0.1) is 0 Å². The second kappa shape index (κ2) is 7.14. The summed E-state index contributed by atoms with van der Waals surface area (Å²) in [7, 11) is 1.80. The molecular formula is C22H25N3O2. The standard InChI is InChI=1S/C22H25N3O2/c1-14-12-18(14)20-10-8-16(27-20)9-11-22(26)25(3)13-21-23-15(2)17-6-4-5-7-19(17)24-21/h4-8,10,14,18H,9,11-13H2,1-3H3. The van der Waals surface area contributed by atoms with Gasteiger partial charge < -0.3 is 9.32 Å². The fraction of sp³-hybridized carbons (Fsp3) is 0.409. The number of carbonyl (C=O) groups excluding carboxylic acids is 1. The van der Waals surface area contributed by atoms with Crippen LogP contribution in [0.2, 0.25) is 0 Å². The van der Waals surface area contributed by atoms with Crippen molar-refractivity contribution in [3.8, 4) is 0 Å². The number of hydrogen-bond donors (Lipinski definition) is 0. The molecule has 1 fully saturated rings. The lowest BCUT2D eigenvalue weighted by Gasteiger charge is -2.16. The molecule has 2 heterocycles. The number of nitrogens with zero attached hydrogens (tertiary/aromatic N) is 3. The Bertz CT molecular complexity index is 979. The van der Waals surface area contributed by atoms with Gasteiger partial charge in [-0.05, 0) is 37.5 Å². The monoisotopic (exact) mass is 363 g/mol. The van der Waals surface area contributed by atoms with Crippen molar-refractivity contribution in [1.82, 2.24) is 14.9 Å². The van der Waals surface area contributed by atoms with E-state index in [0.29, 0.717) is 31.1 Å². The quantitative estimate of drug-likeness (QED) is 0.657. The minimum atomic E-state index is 0.0714. The van der Waals surface area contributed by atoms with Crippen LogP contribution in [-0.2, 0) is 17.8 Å². The fourth-order valence-corrected chi connectivity index (χ4v) is 3.53. The molecule has 0 N–H and O–H groups in total. The molecule has 1 aliphatic rings. The van der Waals surface area contributed by atoms with Crippen LogP contribution in [0.3, 0.4) is 0 Å². The molecule has 2 unspecified atom stereocenters. The van der Waals surface area contributed by atoms with E-state index in [1.807, 2.05) is 37.3 Å². The Morgan fingerprint density at radius 2 is 2.00 bits per heavy atom. The average Bonchev–Trinajstić information content (AvgIpc) is 3.20. The van der Waals surface area contributed by atoms with Gasteiger partial charge in [0.2, 0.25) is 5.91 Å². The molecule has 140 valence electrons. The van der Waals surface area contributed by atoms with E-state index in [1.54, 1.807) is 11.9 Å². The first-order chi connectivity index (χ1) is 13.0. The highest BCUT2D eigenvalue weighted by molar-refractivity contribution is 5.80. The van der Waals surface area contributed by atoms with Gasteiger partial charge in [-0.25, -0.2) is 9.97 Å². The van der Waals surface area contributed by atoms with Gasteiger partial charge >= 0.3 is 0 Å². The number of para-hydroxylation sites is 1. The molecule has 2 aromatic heterocycles. The molecule has 1 aliphatic carbocycles. The van der Waals surface area contributed by atoms with Crippen LogP contribution in [0.4, 0.5) is 0 Å². The predicted octanol–water partition coefficient (Wildman–Crippen LogP) is 4.25. The summed E-state index contributed by atoms with van der Waals surface area (Å²) in [4.78, 5) is 23.3. The van der Waals surface area contributed by atoms with Crippen molar-refractivity contribution in [1.29, 1.82) is 0 Å². The first-order valence-corrected chi connectivity index (χ1v) is 9.56. The molecular weight excluding hydrogens is 338 g/mol. The Kier molecular flexibility index (Phi) is 4.68. The number of amides is 1. The topological polar surface area (TPSA) is 59.2 Å². The number of rotatable bonds is 6. The number of fused-ring (bicyclic) bond motifs is 1. The number of aromatic nitrogens is 2. The van der Waals surface area contributed by atoms with Crippen molar-refractivity contribution in [2.45, 2.75) is 45.6 Å². The molecule has 0 spiro atoms. The number of furan rings is 1. The Balaban J connectivity index is 1.36. The van der Waals surface area contributed by atoms with Crippen molar-refractivity contribution in [3.05, 3.63) is 59.4 Å². The van der Waals surface area contributed by atoms with Gasteiger partial charge in [0, 0.05) is 36.9 Å². The average molecular weight is 363 g/mol. The second-order valence-corrected chi connectivity index (χ2v) is 7.62. The molecule has 3 aromatic rings. The van der Waals surface area contributed by atoms with E-state index in [0.717, 1.165) is 34.0 Å². The van der Waals surface area contributed by atoms with Gasteiger partial charge in [-0.3, -0.25) is 4.79 Å². The summed E-state index contributed by atoms with van der Waals surface area (Å²) in [6.07, 6.45) is 2.26. The van der Waals surface area contributed by atoms with Crippen molar-refractivity contribution in [2.75, 3.05) is 7.05 Å². The number of carbonyl (C=O) groups is 1. The van der Waals surface area contributed by atoms with Crippen molar-refractivity contribution >= 4 is 16.8 Å². The van der Waals surface area contributed by atoms with E-state index in [9.17, 15) is 4.79 Å². The van der Waals surface area contributed by atoms with E-state index >= 15 is 0 Å². The maximum atomic E-state index is 12.5. The maximum Gasteiger partial charge on any atom is 0.223 e. The third-order valence-corrected chi connectivity index (χ3v) is 5.39. The van der Waals surface area contributed by atoms with E-state index in [-0.39, 0.29) is 5.91 Å². The molecule has 4 rings (SSSR count). The highest BCUT2D eigenvalue weighted by Crippen LogP contribution is 2.47. The van der Waals surface area contributed by atoms with E-state index in [2.05, 4.69) is 23.0 Å².